The highest BCUT2D eigenvalue weighted by molar-refractivity contribution is 9.10. The van der Waals surface area contributed by atoms with Gasteiger partial charge in [0.2, 0.25) is 11.8 Å². The van der Waals surface area contributed by atoms with Gasteiger partial charge in [0.15, 0.2) is 5.17 Å². The number of halogens is 2. The molecule has 0 aromatic heterocycles. The van der Waals surface area contributed by atoms with Gasteiger partial charge in [-0.2, -0.15) is 0 Å². The first-order chi connectivity index (χ1) is 14.9. The number of hydrogen-bond acceptors (Lipinski definition) is 4. The van der Waals surface area contributed by atoms with Crippen LogP contribution in [0.15, 0.2) is 51.9 Å². The maximum atomic E-state index is 13.3. The van der Waals surface area contributed by atoms with Crippen molar-refractivity contribution in [3.63, 3.8) is 0 Å². The van der Waals surface area contributed by atoms with Gasteiger partial charge in [0.25, 0.3) is 0 Å². The Hall–Kier alpha value is -1.83. The van der Waals surface area contributed by atoms with Crippen LogP contribution in [0.3, 0.4) is 0 Å². The lowest BCUT2D eigenvalue weighted by Gasteiger charge is -2.23. The molecule has 1 aliphatic carbocycles. The number of amidine groups is 1. The number of benzene rings is 2. The molecule has 2 amide bonds. The first-order valence-corrected chi connectivity index (χ1v) is 12.4. The summed E-state index contributed by atoms with van der Waals surface area (Å²) in [7, 11) is 0. The largest absolute Gasteiger partial charge is 0.326 e. The lowest BCUT2D eigenvalue weighted by Crippen LogP contribution is -2.40. The number of rotatable bonds is 5. The Labute approximate surface area is 199 Å². The molecular formula is C23H23BrClN3O2S. The van der Waals surface area contributed by atoms with Crippen molar-refractivity contribution in [1.82, 2.24) is 4.90 Å². The van der Waals surface area contributed by atoms with Crippen LogP contribution in [-0.4, -0.2) is 33.2 Å². The van der Waals surface area contributed by atoms with Crippen LogP contribution in [0.2, 0.25) is 5.02 Å². The second-order valence-corrected chi connectivity index (χ2v) is 10.3. The van der Waals surface area contributed by atoms with E-state index in [2.05, 4.69) is 21.2 Å². The van der Waals surface area contributed by atoms with Gasteiger partial charge in [0.05, 0.1) is 5.69 Å². The maximum absolute atomic E-state index is 13.3. The van der Waals surface area contributed by atoms with Gasteiger partial charge in [-0.25, -0.2) is 4.99 Å². The Bertz CT molecular complexity index is 1020. The monoisotopic (exact) mass is 519 g/mol. The first-order valence-electron chi connectivity index (χ1n) is 10.3. The Morgan fingerprint density at radius 2 is 1.94 bits per heavy atom. The van der Waals surface area contributed by atoms with Gasteiger partial charge in [-0.15, -0.1) is 0 Å². The number of aliphatic imine (C=N–C) groups is 1. The van der Waals surface area contributed by atoms with Crippen molar-refractivity contribution >= 4 is 67.6 Å². The molecule has 0 bridgehead atoms. The molecule has 0 unspecified atom stereocenters. The van der Waals surface area contributed by atoms with Crippen LogP contribution in [0.1, 0.15) is 37.7 Å². The maximum Gasteiger partial charge on any atom is 0.242 e. The summed E-state index contributed by atoms with van der Waals surface area (Å²) in [5.74, 6) is -0.209. The number of hydrogen-bond donors (Lipinski definition) is 1. The van der Waals surface area contributed by atoms with E-state index in [1.807, 2.05) is 54.3 Å². The van der Waals surface area contributed by atoms with E-state index >= 15 is 0 Å². The number of carbonyl (C=O) groups excluding carboxylic acids is 2. The van der Waals surface area contributed by atoms with Crippen LogP contribution in [-0.2, 0) is 9.59 Å². The summed E-state index contributed by atoms with van der Waals surface area (Å²) in [6.07, 6.45) is 4.26. The van der Waals surface area contributed by atoms with Crippen molar-refractivity contribution in [2.45, 2.75) is 50.3 Å². The van der Waals surface area contributed by atoms with Crippen molar-refractivity contribution in [2.75, 3.05) is 5.32 Å². The lowest BCUT2D eigenvalue weighted by atomic mass is 10.2. The van der Waals surface area contributed by atoms with Gasteiger partial charge >= 0.3 is 0 Å². The highest BCUT2D eigenvalue weighted by Crippen LogP contribution is 2.37. The minimum absolute atomic E-state index is 0.0279. The van der Waals surface area contributed by atoms with Crippen LogP contribution in [0.25, 0.3) is 0 Å². The van der Waals surface area contributed by atoms with E-state index in [1.165, 1.54) is 11.8 Å². The smallest absolute Gasteiger partial charge is 0.242 e. The van der Waals surface area contributed by atoms with Crippen LogP contribution in [0, 0.1) is 6.92 Å². The van der Waals surface area contributed by atoms with Crippen LogP contribution >= 0.6 is 39.3 Å². The molecule has 4 rings (SSSR count). The Kier molecular flexibility index (Phi) is 7.04. The Morgan fingerprint density at radius 1 is 1.23 bits per heavy atom. The molecule has 1 atom stereocenters. The zero-order chi connectivity index (χ0) is 22.0. The lowest BCUT2D eigenvalue weighted by molar-refractivity contribution is -0.129. The van der Waals surface area contributed by atoms with Crippen molar-refractivity contribution < 1.29 is 9.59 Å². The SMILES string of the molecule is Cc1ccc(N=C2S[C@@H](CC(=O)Nc3ccc(Br)cc3)C(=O)N2C2CCCC2)cc1Cl. The van der Waals surface area contributed by atoms with Gasteiger partial charge in [-0.1, -0.05) is 58.2 Å². The molecule has 2 aromatic rings. The number of carbonyl (C=O) groups is 2. The molecule has 5 nitrogen and oxygen atoms in total. The highest BCUT2D eigenvalue weighted by Gasteiger charge is 2.43. The standard InChI is InChI=1S/C23H23BrClN3O2S/c1-14-6-9-17(12-19(14)25)27-23-28(18-4-2-3-5-18)22(30)20(31-23)13-21(29)26-16-10-7-15(24)8-11-16/h6-12,18,20H,2-5,13H2,1H3,(H,26,29)/t20-/m0/s1. The number of amides is 2. The predicted octanol–water partition coefficient (Wildman–Crippen LogP) is 6.31. The summed E-state index contributed by atoms with van der Waals surface area (Å²) in [6, 6.07) is 13.2. The van der Waals surface area contributed by atoms with Crippen molar-refractivity contribution in [3.8, 4) is 0 Å². The zero-order valence-electron chi connectivity index (χ0n) is 17.1. The Morgan fingerprint density at radius 3 is 2.61 bits per heavy atom. The number of nitrogens with one attached hydrogen (secondary N) is 1. The quantitative estimate of drug-likeness (QED) is 0.502. The molecule has 1 saturated heterocycles. The summed E-state index contributed by atoms with van der Waals surface area (Å²) in [4.78, 5) is 32.4. The van der Waals surface area contributed by atoms with Crippen LogP contribution in [0.4, 0.5) is 11.4 Å². The molecule has 2 fully saturated rings. The van der Waals surface area contributed by atoms with Gasteiger partial charge in [0.1, 0.15) is 5.25 Å². The average Bonchev–Trinajstić information content (AvgIpc) is 3.35. The van der Waals surface area contributed by atoms with E-state index in [1.54, 1.807) is 0 Å². The summed E-state index contributed by atoms with van der Waals surface area (Å²) in [6.45, 7) is 1.94. The summed E-state index contributed by atoms with van der Waals surface area (Å²) in [5, 5.41) is 3.71. The van der Waals surface area contributed by atoms with Gasteiger partial charge < -0.3 is 5.32 Å². The normalized spacial score (nSPS) is 20.6. The number of aryl methyl sites for hydroxylation is 1. The summed E-state index contributed by atoms with van der Waals surface area (Å²) >= 11 is 11.0. The highest BCUT2D eigenvalue weighted by atomic mass is 79.9. The van der Waals surface area contributed by atoms with E-state index in [-0.39, 0.29) is 24.3 Å². The van der Waals surface area contributed by atoms with Gasteiger partial charge in [-0.05, 0) is 61.7 Å². The van der Waals surface area contributed by atoms with Gasteiger partial charge in [-0.3, -0.25) is 14.5 Å². The van der Waals surface area contributed by atoms with E-state index in [4.69, 9.17) is 16.6 Å². The molecule has 2 aromatic carbocycles. The Balaban J connectivity index is 1.53. The van der Waals surface area contributed by atoms with Crippen molar-refractivity contribution in [3.05, 3.63) is 57.5 Å². The molecule has 1 aliphatic heterocycles. The zero-order valence-corrected chi connectivity index (χ0v) is 20.3. The third-order valence-corrected chi connectivity index (χ3v) is 7.62. The molecule has 1 heterocycles. The summed E-state index contributed by atoms with van der Waals surface area (Å²) in [5.41, 5.74) is 2.41. The fourth-order valence-corrected chi connectivity index (χ4v) is 5.52. The average molecular weight is 521 g/mol. The fraction of sp³-hybridized carbons (Fsp3) is 0.348. The molecule has 8 heteroatoms. The molecule has 1 saturated carbocycles. The number of anilines is 1. The van der Waals surface area contributed by atoms with E-state index < -0.39 is 5.25 Å². The third-order valence-electron chi connectivity index (χ3n) is 5.54. The molecule has 2 aliphatic rings. The molecule has 1 N–H and O–H groups in total. The minimum atomic E-state index is -0.476. The second-order valence-electron chi connectivity index (χ2n) is 7.84. The molecule has 162 valence electrons. The number of nitrogens with zero attached hydrogens (tertiary/aromatic N) is 2. The second kappa shape index (κ2) is 9.76. The summed E-state index contributed by atoms with van der Waals surface area (Å²) < 4.78 is 0.941. The fourth-order valence-electron chi connectivity index (χ4n) is 3.87. The minimum Gasteiger partial charge on any atom is -0.326 e. The van der Waals surface area contributed by atoms with E-state index in [0.29, 0.717) is 21.6 Å². The molecule has 0 radical (unpaired) electrons. The van der Waals surface area contributed by atoms with E-state index in [0.717, 1.165) is 35.7 Å². The predicted molar refractivity (Wildman–Crippen MR) is 131 cm³/mol. The number of thioether (sulfide) groups is 1. The van der Waals surface area contributed by atoms with Crippen LogP contribution in [0.5, 0.6) is 0 Å². The molecule has 0 spiro atoms. The van der Waals surface area contributed by atoms with E-state index in [9.17, 15) is 9.59 Å². The first kappa shape index (κ1) is 22.4. The van der Waals surface area contributed by atoms with Crippen LogP contribution < -0.4 is 5.32 Å². The van der Waals surface area contributed by atoms with Gasteiger partial charge in [0, 0.05) is 27.6 Å². The molecule has 31 heavy (non-hydrogen) atoms. The third kappa shape index (κ3) is 5.33. The molecular weight excluding hydrogens is 498 g/mol. The topological polar surface area (TPSA) is 61.8 Å². The van der Waals surface area contributed by atoms with Crippen molar-refractivity contribution in [2.24, 2.45) is 4.99 Å². The van der Waals surface area contributed by atoms with Crippen molar-refractivity contribution in [1.29, 1.82) is 0 Å².